The maximum Gasteiger partial charge on any atom is 0.305 e. The van der Waals surface area contributed by atoms with Crippen molar-refractivity contribution in [3.63, 3.8) is 0 Å². The lowest BCUT2D eigenvalue weighted by molar-refractivity contribution is -0.138. The van der Waals surface area contributed by atoms with Crippen molar-refractivity contribution in [2.24, 2.45) is 0 Å². The van der Waals surface area contributed by atoms with Gasteiger partial charge in [-0.3, -0.25) is 9.59 Å². The Hall–Kier alpha value is -3.02. The topological polar surface area (TPSA) is 84.9 Å². The molecule has 2 atom stereocenters. The van der Waals surface area contributed by atoms with E-state index in [1.807, 2.05) is 30.3 Å². The Kier molecular flexibility index (Phi) is 7.11. The van der Waals surface area contributed by atoms with Crippen LogP contribution in [-0.4, -0.2) is 29.2 Å². The number of carbonyl (C=O) groups excluding carboxylic acids is 1. The van der Waals surface area contributed by atoms with Gasteiger partial charge in [-0.15, -0.1) is 0 Å². The summed E-state index contributed by atoms with van der Waals surface area (Å²) in [6, 6.07) is 15.7. The molecule has 29 heavy (non-hydrogen) atoms. The van der Waals surface area contributed by atoms with Crippen LogP contribution < -0.4 is 14.8 Å². The van der Waals surface area contributed by atoms with Crippen LogP contribution in [0.4, 0.5) is 0 Å². The highest BCUT2D eigenvalue weighted by Crippen LogP contribution is 2.26. The van der Waals surface area contributed by atoms with Crippen molar-refractivity contribution >= 4 is 11.9 Å². The molecule has 0 bridgehead atoms. The summed E-state index contributed by atoms with van der Waals surface area (Å²) in [5, 5.41) is 12.1. The number of carboxylic acids is 1. The van der Waals surface area contributed by atoms with Crippen molar-refractivity contribution in [3.05, 3.63) is 60.2 Å². The Labute approximate surface area is 170 Å². The van der Waals surface area contributed by atoms with Gasteiger partial charge >= 0.3 is 5.97 Å². The Morgan fingerprint density at radius 3 is 2.31 bits per heavy atom. The Bertz CT molecular complexity index is 800. The molecule has 2 N–H and O–H groups in total. The molecule has 1 aliphatic rings. The minimum atomic E-state index is -0.988. The summed E-state index contributed by atoms with van der Waals surface area (Å²) in [6.07, 6.45) is 3.81. The van der Waals surface area contributed by atoms with E-state index in [2.05, 4.69) is 5.32 Å². The third-order valence-electron chi connectivity index (χ3n) is 5.01. The van der Waals surface area contributed by atoms with E-state index < -0.39 is 18.1 Å². The molecule has 1 fully saturated rings. The van der Waals surface area contributed by atoms with Crippen molar-refractivity contribution in [1.82, 2.24) is 5.32 Å². The number of amides is 1. The molecule has 1 amide bonds. The van der Waals surface area contributed by atoms with Crippen molar-refractivity contribution in [3.8, 4) is 11.5 Å². The highest BCUT2D eigenvalue weighted by atomic mass is 16.5. The zero-order valence-electron chi connectivity index (χ0n) is 16.5. The summed E-state index contributed by atoms with van der Waals surface area (Å²) in [5.41, 5.74) is 0.714. The summed E-state index contributed by atoms with van der Waals surface area (Å²) in [7, 11) is 0. The maximum absolute atomic E-state index is 12.6. The van der Waals surface area contributed by atoms with Crippen LogP contribution in [0.25, 0.3) is 0 Å². The van der Waals surface area contributed by atoms with Crippen LogP contribution in [0.15, 0.2) is 54.6 Å². The molecule has 2 aromatic carbocycles. The van der Waals surface area contributed by atoms with Gasteiger partial charge in [0, 0.05) is 0 Å². The number of ether oxygens (including phenoxy) is 2. The molecule has 0 radical (unpaired) electrons. The average molecular weight is 397 g/mol. The van der Waals surface area contributed by atoms with E-state index in [1.165, 1.54) is 12.8 Å². The van der Waals surface area contributed by atoms with Gasteiger partial charge < -0.3 is 19.9 Å². The zero-order chi connectivity index (χ0) is 20.6. The third-order valence-corrected chi connectivity index (χ3v) is 5.01. The number of carboxylic acid groups (broad SMARTS) is 1. The van der Waals surface area contributed by atoms with Crippen LogP contribution >= 0.6 is 0 Å². The van der Waals surface area contributed by atoms with Gasteiger partial charge in [0.1, 0.15) is 11.5 Å². The standard InChI is InChI=1S/C23H27NO5/c1-16(28-18-7-3-2-4-8-18)23(27)24-21(15-22(25)26)17-11-13-20(14-12-17)29-19-9-5-6-10-19/h2-4,7-8,11-14,16,19,21H,5-6,9-10,15H2,1H3,(H,24,27)(H,25,26)/t16-,21+/m0/s1. The quantitative estimate of drug-likeness (QED) is 0.665. The molecule has 0 aliphatic heterocycles. The van der Waals surface area contributed by atoms with Gasteiger partial charge in [-0.1, -0.05) is 30.3 Å². The molecule has 0 saturated heterocycles. The molecule has 1 aliphatic carbocycles. The molecule has 0 heterocycles. The van der Waals surface area contributed by atoms with Gasteiger partial charge in [-0.2, -0.15) is 0 Å². The third kappa shape index (κ3) is 6.24. The first-order valence-electron chi connectivity index (χ1n) is 10.0. The number of aliphatic carboxylic acids is 1. The fourth-order valence-electron chi connectivity index (χ4n) is 3.45. The summed E-state index contributed by atoms with van der Waals surface area (Å²) in [4.78, 5) is 23.9. The van der Waals surface area contributed by atoms with Gasteiger partial charge in [0.15, 0.2) is 6.10 Å². The van der Waals surface area contributed by atoms with Crippen molar-refractivity contribution in [2.75, 3.05) is 0 Å². The molecule has 0 unspecified atom stereocenters. The molecule has 1 saturated carbocycles. The second kappa shape index (κ2) is 9.96. The smallest absolute Gasteiger partial charge is 0.305 e. The van der Waals surface area contributed by atoms with E-state index in [0.29, 0.717) is 11.3 Å². The molecule has 0 aromatic heterocycles. The number of carbonyl (C=O) groups is 2. The number of hydrogen-bond acceptors (Lipinski definition) is 4. The first-order chi connectivity index (χ1) is 14.0. The average Bonchev–Trinajstić information content (AvgIpc) is 3.21. The van der Waals surface area contributed by atoms with Crippen molar-refractivity contribution in [2.45, 2.75) is 57.3 Å². The van der Waals surface area contributed by atoms with Crippen LogP contribution in [-0.2, 0) is 9.59 Å². The number of rotatable bonds is 9. The predicted molar refractivity (Wildman–Crippen MR) is 109 cm³/mol. The molecule has 0 spiro atoms. The molecular formula is C23H27NO5. The molecule has 3 rings (SSSR count). The summed E-state index contributed by atoms with van der Waals surface area (Å²) >= 11 is 0. The Morgan fingerprint density at radius 2 is 1.69 bits per heavy atom. The van der Waals surface area contributed by atoms with E-state index >= 15 is 0 Å². The van der Waals surface area contributed by atoms with E-state index in [1.54, 1.807) is 31.2 Å². The first-order valence-corrected chi connectivity index (χ1v) is 10.0. The maximum atomic E-state index is 12.6. The second-order valence-electron chi connectivity index (χ2n) is 7.33. The largest absolute Gasteiger partial charge is 0.490 e. The summed E-state index contributed by atoms with van der Waals surface area (Å²) in [6.45, 7) is 1.64. The highest BCUT2D eigenvalue weighted by molar-refractivity contribution is 5.82. The fraction of sp³-hybridized carbons (Fsp3) is 0.391. The van der Waals surface area contributed by atoms with E-state index in [9.17, 15) is 14.7 Å². The van der Waals surface area contributed by atoms with Gasteiger partial charge in [-0.25, -0.2) is 0 Å². The van der Waals surface area contributed by atoms with E-state index in [-0.39, 0.29) is 18.4 Å². The second-order valence-corrected chi connectivity index (χ2v) is 7.33. The molecular weight excluding hydrogens is 370 g/mol. The molecule has 6 heteroatoms. The van der Waals surface area contributed by atoms with Gasteiger partial charge in [0.2, 0.25) is 0 Å². The van der Waals surface area contributed by atoms with Crippen LogP contribution in [0, 0.1) is 0 Å². The lowest BCUT2D eigenvalue weighted by atomic mass is 10.0. The lowest BCUT2D eigenvalue weighted by Crippen LogP contribution is -2.39. The van der Waals surface area contributed by atoms with Crippen molar-refractivity contribution in [1.29, 1.82) is 0 Å². The molecule has 6 nitrogen and oxygen atoms in total. The monoisotopic (exact) mass is 397 g/mol. The Balaban J connectivity index is 1.63. The van der Waals surface area contributed by atoms with Crippen molar-refractivity contribution < 1.29 is 24.2 Å². The van der Waals surface area contributed by atoms with E-state index in [4.69, 9.17) is 9.47 Å². The molecule has 2 aromatic rings. The lowest BCUT2D eigenvalue weighted by Gasteiger charge is -2.21. The SMILES string of the molecule is C[C@H](Oc1ccccc1)C(=O)N[C@H](CC(=O)O)c1ccc(OC2CCCC2)cc1. The van der Waals surface area contributed by atoms with Crippen LogP contribution in [0.2, 0.25) is 0 Å². The number of benzene rings is 2. The predicted octanol–water partition coefficient (Wildman–Crippen LogP) is 4.11. The minimum absolute atomic E-state index is 0.216. The van der Waals surface area contributed by atoms with Crippen LogP contribution in [0.3, 0.4) is 0 Å². The van der Waals surface area contributed by atoms with Crippen LogP contribution in [0.5, 0.6) is 11.5 Å². The van der Waals surface area contributed by atoms with Crippen LogP contribution in [0.1, 0.15) is 50.6 Å². The normalized spacial score (nSPS) is 16.0. The number of hydrogen-bond donors (Lipinski definition) is 2. The van der Waals surface area contributed by atoms with Gasteiger partial charge in [0.25, 0.3) is 5.91 Å². The van der Waals surface area contributed by atoms with E-state index in [0.717, 1.165) is 18.6 Å². The minimum Gasteiger partial charge on any atom is -0.490 e. The Morgan fingerprint density at radius 1 is 1.03 bits per heavy atom. The fourth-order valence-corrected chi connectivity index (χ4v) is 3.45. The van der Waals surface area contributed by atoms with Gasteiger partial charge in [-0.05, 0) is 62.4 Å². The zero-order valence-corrected chi connectivity index (χ0v) is 16.5. The molecule has 154 valence electrons. The first kappa shape index (κ1) is 20.7. The summed E-state index contributed by atoms with van der Waals surface area (Å²) < 4.78 is 11.6. The number of nitrogens with one attached hydrogen (secondary N) is 1. The summed E-state index contributed by atoms with van der Waals surface area (Å²) in [5.74, 6) is -0.00947. The highest BCUT2D eigenvalue weighted by Gasteiger charge is 2.23. The number of para-hydroxylation sites is 1. The van der Waals surface area contributed by atoms with Gasteiger partial charge in [0.05, 0.1) is 18.6 Å².